The predicted molar refractivity (Wildman–Crippen MR) is 139 cm³/mol. The average molecular weight is 503 g/mol. The van der Waals surface area contributed by atoms with Gasteiger partial charge in [0.1, 0.15) is 23.9 Å². The fourth-order valence-corrected chi connectivity index (χ4v) is 6.11. The number of methoxy groups -OCH3 is 1. The number of nitrogens with zero attached hydrogens (tertiary/aromatic N) is 2. The maximum absolute atomic E-state index is 13.7. The Hall–Kier alpha value is -3.32. The van der Waals surface area contributed by atoms with Crippen LogP contribution in [0.4, 0.5) is 0 Å². The number of ether oxygens (including phenoxy) is 2. The van der Waals surface area contributed by atoms with Gasteiger partial charge < -0.3 is 14.6 Å². The number of benzene rings is 1. The van der Waals surface area contributed by atoms with Gasteiger partial charge in [0.15, 0.2) is 17.4 Å². The number of aliphatic hydroxyl groups is 1. The largest absolute Gasteiger partial charge is 0.496 e. The number of aromatic nitrogens is 2. The van der Waals surface area contributed by atoms with Gasteiger partial charge in [-0.05, 0) is 41.5 Å². The van der Waals surface area contributed by atoms with E-state index < -0.39 is 5.92 Å². The first-order chi connectivity index (χ1) is 17.4. The summed E-state index contributed by atoms with van der Waals surface area (Å²) in [6.45, 7) is 10.0. The Bertz CT molecular complexity index is 1330. The topological polar surface area (TPSA) is 98.6 Å². The minimum Gasteiger partial charge on any atom is -0.496 e. The lowest BCUT2D eigenvalue weighted by Gasteiger charge is -2.43. The van der Waals surface area contributed by atoms with E-state index >= 15 is 0 Å². The normalized spacial score (nSPS) is 20.9. The SMILES string of the molecule is COc1ccc(-c2ccnc(CO)n2)c(C)c1C1C2=C(CC(C)(C)CC2=O)OC2=C1C(=O)CC(C)(C)C2. The molecule has 2 aliphatic carbocycles. The maximum Gasteiger partial charge on any atom is 0.163 e. The Kier molecular flexibility index (Phi) is 6.10. The first-order valence-electron chi connectivity index (χ1n) is 12.8. The fraction of sp³-hybridized carbons (Fsp3) is 0.467. The van der Waals surface area contributed by atoms with E-state index in [-0.39, 0.29) is 29.0 Å². The van der Waals surface area contributed by atoms with Crippen LogP contribution in [0.3, 0.4) is 0 Å². The molecule has 7 heteroatoms. The van der Waals surface area contributed by atoms with Crippen LogP contribution in [0.25, 0.3) is 11.3 Å². The van der Waals surface area contributed by atoms with E-state index in [2.05, 4.69) is 37.7 Å². The molecule has 5 rings (SSSR count). The summed E-state index contributed by atoms with van der Waals surface area (Å²) in [6.07, 6.45) is 3.65. The van der Waals surface area contributed by atoms with Gasteiger partial charge in [-0.3, -0.25) is 9.59 Å². The third-order valence-corrected chi connectivity index (χ3v) is 7.69. The molecule has 2 heterocycles. The van der Waals surface area contributed by atoms with Gasteiger partial charge in [0.2, 0.25) is 0 Å². The van der Waals surface area contributed by atoms with E-state index in [1.54, 1.807) is 19.4 Å². The zero-order valence-corrected chi connectivity index (χ0v) is 22.4. The zero-order valence-electron chi connectivity index (χ0n) is 22.4. The number of aliphatic hydroxyl groups excluding tert-OH is 1. The van der Waals surface area contributed by atoms with E-state index in [9.17, 15) is 14.7 Å². The van der Waals surface area contributed by atoms with Gasteiger partial charge in [0.05, 0.1) is 18.7 Å². The lowest BCUT2D eigenvalue weighted by Crippen LogP contribution is -2.38. The summed E-state index contributed by atoms with van der Waals surface area (Å²) in [4.78, 5) is 36.1. The Morgan fingerprint density at radius 3 is 2.11 bits per heavy atom. The summed E-state index contributed by atoms with van der Waals surface area (Å²) >= 11 is 0. The molecule has 0 saturated heterocycles. The molecule has 1 aromatic heterocycles. The first kappa shape index (κ1) is 25.3. The molecule has 1 N–H and O–H groups in total. The van der Waals surface area contributed by atoms with E-state index in [1.165, 1.54) is 0 Å². The quantitative estimate of drug-likeness (QED) is 0.601. The van der Waals surface area contributed by atoms with Crippen molar-refractivity contribution in [2.24, 2.45) is 10.8 Å². The number of Topliss-reactive ketones (excluding diaryl/α,β-unsaturated/α-hetero) is 2. The van der Waals surface area contributed by atoms with E-state index in [0.717, 1.165) is 16.7 Å². The summed E-state index contributed by atoms with van der Waals surface area (Å²) < 4.78 is 12.3. The Balaban J connectivity index is 1.79. The summed E-state index contributed by atoms with van der Waals surface area (Å²) in [5.74, 6) is 1.73. The molecule has 194 valence electrons. The van der Waals surface area contributed by atoms with Crippen molar-refractivity contribution >= 4 is 11.6 Å². The van der Waals surface area contributed by atoms with Crippen LogP contribution in [-0.2, 0) is 20.9 Å². The molecule has 0 radical (unpaired) electrons. The minimum atomic E-state index is -0.569. The Morgan fingerprint density at radius 1 is 0.973 bits per heavy atom. The Labute approximate surface area is 217 Å². The van der Waals surface area contributed by atoms with Crippen molar-refractivity contribution in [3.05, 3.63) is 64.0 Å². The number of rotatable bonds is 4. The highest BCUT2D eigenvalue weighted by molar-refractivity contribution is 6.06. The van der Waals surface area contributed by atoms with Crippen molar-refractivity contribution in [1.29, 1.82) is 0 Å². The average Bonchev–Trinajstić information content (AvgIpc) is 2.81. The number of hydrogen-bond acceptors (Lipinski definition) is 7. The highest BCUT2D eigenvalue weighted by Gasteiger charge is 2.49. The monoisotopic (exact) mass is 502 g/mol. The molecule has 0 atom stereocenters. The summed E-state index contributed by atoms with van der Waals surface area (Å²) in [5.41, 5.74) is 3.83. The van der Waals surface area contributed by atoms with Gasteiger partial charge in [-0.15, -0.1) is 0 Å². The van der Waals surface area contributed by atoms with Crippen molar-refractivity contribution in [3.63, 3.8) is 0 Å². The molecule has 7 nitrogen and oxygen atoms in total. The molecular formula is C30H34N2O5. The highest BCUT2D eigenvalue weighted by Crippen LogP contribution is 2.55. The first-order valence-corrected chi connectivity index (χ1v) is 12.8. The molecule has 0 unspecified atom stereocenters. The predicted octanol–water partition coefficient (Wildman–Crippen LogP) is 5.35. The number of hydrogen-bond donors (Lipinski definition) is 1. The van der Waals surface area contributed by atoms with E-state index in [0.29, 0.717) is 65.6 Å². The molecule has 37 heavy (non-hydrogen) atoms. The molecular weight excluding hydrogens is 468 g/mol. The summed E-state index contributed by atoms with van der Waals surface area (Å²) in [6, 6.07) is 5.57. The lowest BCUT2D eigenvalue weighted by molar-refractivity contribution is -0.120. The standard InChI is InChI=1S/C30H34N2O5/c1-16-17(18-9-10-31-24(15-33)32-18)7-8-21(36-6)25(16)28-26-19(34)11-29(2,3)13-22(26)37-23-14-30(4,5)12-20(35)27(23)28/h7-10,28,33H,11-15H2,1-6H3. The highest BCUT2D eigenvalue weighted by atomic mass is 16.5. The summed E-state index contributed by atoms with van der Waals surface area (Å²) in [5, 5.41) is 9.57. The van der Waals surface area contributed by atoms with E-state index in [1.807, 2.05) is 19.1 Å². The van der Waals surface area contributed by atoms with Gasteiger partial charge in [-0.25, -0.2) is 9.97 Å². The van der Waals surface area contributed by atoms with Gasteiger partial charge in [0.25, 0.3) is 0 Å². The van der Waals surface area contributed by atoms with Crippen LogP contribution < -0.4 is 4.74 Å². The zero-order chi connectivity index (χ0) is 26.7. The van der Waals surface area contributed by atoms with Gasteiger partial charge in [0, 0.05) is 54.2 Å². The molecule has 0 fully saturated rings. The number of ketones is 2. The number of carbonyl (C=O) groups is 2. The van der Waals surface area contributed by atoms with Crippen molar-refractivity contribution in [2.45, 2.75) is 72.8 Å². The molecule has 2 aromatic rings. The van der Waals surface area contributed by atoms with Crippen molar-refractivity contribution < 1.29 is 24.2 Å². The van der Waals surface area contributed by atoms with Crippen LogP contribution in [0.5, 0.6) is 5.75 Å². The van der Waals surface area contributed by atoms with Crippen molar-refractivity contribution in [3.8, 4) is 17.0 Å². The molecule has 1 aromatic carbocycles. The van der Waals surface area contributed by atoms with Crippen molar-refractivity contribution in [2.75, 3.05) is 7.11 Å². The van der Waals surface area contributed by atoms with Crippen LogP contribution in [0.1, 0.15) is 76.2 Å². The number of carbonyl (C=O) groups excluding carboxylic acids is 2. The molecule has 0 amide bonds. The summed E-state index contributed by atoms with van der Waals surface area (Å²) in [7, 11) is 1.61. The molecule has 1 aliphatic heterocycles. The smallest absolute Gasteiger partial charge is 0.163 e. The van der Waals surface area contributed by atoms with Crippen LogP contribution in [0, 0.1) is 17.8 Å². The lowest BCUT2D eigenvalue weighted by atomic mass is 9.65. The minimum absolute atomic E-state index is 0.0110. The van der Waals surface area contributed by atoms with Crippen molar-refractivity contribution in [1.82, 2.24) is 9.97 Å². The third-order valence-electron chi connectivity index (χ3n) is 7.69. The van der Waals surface area contributed by atoms with Crippen LogP contribution in [0.2, 0.25) is 0 Å². The van der Waals surface area contributed by atoms with E-state index in [4.69, 9.17) is 9.47 Å². The number of allylic oxidation sites excluding steroid dienone is 4. The van der Waals surface area contributed by atoms with Gasteiger partial charge >= 0.3 is 0 Å². The van der Waals surface area contributed by atoms with Gasteiger partial charge in [-0.1, -0.05) is 27.7 Å². The van der Waals surface area contributed by atoms with Crippen LogP contribution in [-0.4, -0.2) is 33.8 Å². The fourth-order valence-electron chi connectivity index (χ4n) is 6.11. The van der Waals surface area contributed by atoms with Gasteiger partial charge in [-0.2, -0.15) is 0 Å². The molecule has 0 saturated carbocycles. The van der Waals surface area contributed by atoms with Crippen LogP contribution >= 0.6 is 0 Å². The molecule has 0 spiro atoms. The third kappa shape index (κ3) is 4.39. The molecule has 0 bridgehead atoms. The second kappa shape index (κ2) is 8.91. The second-order valence-electron chi connectivity index (χ2n) is 12.0. The second-order valence-corrected chi connectivity index (χ2v) is 12.0. The Morgan fingerprint density at radius 2 is 1.57 bits per heavy atom. The molecule has 3 aliphatic rings. The van der Waals surface area contributed by atoms with Crippen LogP contribution in [0.15, 0.2) is 47.1 Å². The maximum atomic E-state index is 13.7.